The quantitative estimate of drug-likeness (QED) is 0.520. The molecular formula is C22H23F3N4O4. The molecule has 0 saturated carbocycles. The number of nitro benzene ring substituents is 1. The van der Waals surface area contributed by atoms with Crippen molar-refractivity contribution < 1.29 is 27.7 Å². The second-order valence-electron chi connectivity index (χ2n) is 7.73. The number of non-ortho nitro benzene ring substituents is 1. The van der Waals surface area contributed by atoms with Gasteiger partial charge in [0.15, 0.2) is 0 Å². The first-order chi connectivity index (χ1) is 15.6. The standard InChI is InChI=1S/C22H23F3N4O4/c1-15-6-7-16(29(32)33)14-19(15)26-20(30)8-9-27-10-12-28(13-11-27)21(31)17-4-2-3-5-18(17)22(23,24)25/h2-7,14H,8-13H2,1H3,(H,26,30). The summed E-state index contributed by atoms with van der Waals surface area (Å²) in [6.45, 7) is 3.45. The molecule has 0 radical (unpaired) electrons. The monoisotopic (exact) mass is 464 g/mol. The molecule has 0 unspecified atom stereocenters. The zero-order valence-corrected chi connectivity index (χ0v) is 17.9. The number of carbonyl (C=O) groups excluding carboxylic acids is 2. The number of carbonyl (C=O) groups is 2. The van der Waals surface area contributed by atoms with E-state index in [4.69, 9.17) is 0 Å². The molecule has 0 bridgehead atoms. The Hall–Kier alpha value is -3.47. The molecule has 1 aliphatic rings. The summed E-state index contributed by atoms with van der Waals surface area (Å²) in [6.07, 6.45) is -4.48. The molecule has 8 nitrogen and oxygen atoms in total. The number of hydrogen-bond donors (Lipinski definition) is 1. The third-order valence-corrected chi connectivity index (χ3v) is 5.48. The molecule has 11 heteroatoms. The molecule has 176 valence electrons. The molecule has 0 atom stereocenters. The van der Waals surface area contributed by atoms with Crippen LogP contribution in [-0.4, -0.2) is 59.3 Å². The normalized spacial score (nSPS) is 14.7. The Morgan fingerprint density at radius 3 is 2.39 bits per heavy atom. The van der Waals surface area contributed by atoms with Crippen molar-refractivity contribution in [3.63, 3.8) is 0 Å². The van der Waals surface area contributed by atoms with E-state index in [0.717, 1.165) is 6.07 Å². The van der Waals surface area contributed by atoms with Crippen LogP contribution >= 0.6 is 0 Å². The van der Waals surface area contributed by atoms with Gasteiger partial charge in [-0.25, -0.2) is 0 Å². The Morgan fingerprint density at radius 1 is 1.09 bits per heavy atom. The lowest BCUT2D eigenvalue weighted by Gasteiger charge is -2.35. The SMILES string of the molecule is Cc1ccc([N+](=O)[O-])cc1NC(=O)CCN1CCN(C(=O)c2ccccc2C(F)(F)F)CC1. The van der Waals surface area contributed by atoms with Crippen LogP contribution in [0, 0.1) is 17.0 Å². The van der Waals surface area contributed by atoms with E-state index in [0.29, 0.717) is 30.9 Å². The minimum absolute atomic E-state index is 0.121. The Morgan fingerprint density at radius 2 is 1.76 bits per heavy atom. The van der Waals surface area contributed by atoms with Gasteiger partial charge >= 0.3 is 6.18 Å². The summed E-state index contributed by atoms with van der Waals surface area (Å²) in [5.74, 6) is -0.974. The maximum Gasteiger partial charge on any atom is 0.417 e. The lowest BCUT2D eigenvalue weighted by Crippen LogP contribution is -2.49. The summed E-state index contributed by atoms with van der Waals surface area (Å²) in [6, 6.07) is 8.94. The fraction of sp³-hybridized carbons (Fsp3) is 0.364. The topological polar surface area (TPSA) is 95.8 Å². The van der Waals surface area contributed by atoms with Gasteiger partial charge in [-0.1, -0.05) is 18.2 Å². The minimum atomic E-state index is -4.61. The van der Waals surface area contributed by atoms with E-state index in [1.165, 1.54) is 35.2 Å². The molecule has 3 rings (SSSR count). The van der Waals surface area contributed by atoms with Crippen molar-refractivity contribution in [3.05, 3.63) is 69.3 Å². The van der Waals surface area contributed by atoms with Crippen molar-refractivity contribution in [2.24, 2.45) is 0 Å². The Bertz CT molecular complexity index is 1050. The fourth-order valence-electron chi connectivity index (χ4n) is 3.59. The van der Waals surface area contributed by atoms with Gasteiger partial charge < -0.3 is 10.2 Å². The Balaban J connectivity index is 1.51. The van der Waals surface area contributed by atoms with E-state index in [9.17, 15) is 32.9 Å². The zero-order chi connectivity index (χ0) is 24.2. The number of nitro groups is 1. The molecule has 1 aliphatic heterocycles. The number of amides is 2. The minimum Gasteiger partial charge on any atom is -0.336 e. The number of nitrogens with one attached hydrogen (secondary N) is 1. The molecule has 0 aromatic heterocycles. The molecule has 2 aromatic carbocycles. The van der Waals surface area contributed by atoms with Gasteiger partial charge in [0.25, 0.3) is 11.6 Å². The number of anilines is 1. The summed E-state index contributed by atoms with van der Waals surface area (Å²) < 4.78 is 39.6. The van der Waals surface area contributed by atoms with Crippen LogP contribution in [0.5, 0.6) is 0 Å². The van der Waals surface area contributed by atoms with E-state index in [1.807, 2.05) is 4.90 Å². The molecule has 0 aliphatic carbocycles. The number of halogens is 3. The van der Waals surface area contributed by atoms with Crippen LogP contribution in [0.25, 0.3) is 0 Å². The van der Waals surface area contributed by atoms with E-state index >= 15 is 0 Å². The van der Waals surface area contributed by atoms with Crippen LogP contribution in [0.2, 0.25) is 0 Å². The smallest absolute Gasteiger partial charge is 0.336 e. The molecule has 1 heterocycles. The molecule has 1 fully saturated rings. The van der Waals surface area contributed by atoms with Gasteiger partial charge in [-0.3, -0.25) is 24.6 Å². The second-order valence-corrected chi connectivity index (χ2v) is 7.73. The van der Waals surface area contributed by atoms with Crippen LogP contribution < -0.4 is 5.32 Å². The molecule has 33 heavy (non-hydrogen) atoms. The van der Waals surface area contributed by atoms with E-state index in [2.05, 4.69) is 5.32 Å². The highest BCUT2D eigenvalue weighted by molar-refractivity contribution is 5.96. The number of benzene rings is 2. The predicted molar refractivity (Wildman–Crippen MR) is 115 cm³/mol. The third-order valence-electron chi connectivity index (χ3n) is 5.48. The lowest BCUT2D eigenvalue weighted by atomic mass is 10.1. The van der Waals surface area contributed by atoms with Crippen LogP contribution in [0.1, 0.15) is 27.9 Å². The van der Waals surface area contributed by atoms with Crippen molar-refractivity contribution in [1.29, 1.82) is 0 Å². The van der Waals surface area contributed by atoms with Gasteiger partial charge in [0.2, 0.25) is 5.91 Å². The number of alkyl halides is 3. The second kappa shape index (κ2) is 9.99. The largest absolute Gasteiger partial charge is 0.417 e. The number of rotatable bonds is 6. The highest BCUT2D eigenvalue weighted by Crippen LogP contribution is 2.32. The van der Waals surface area contributed by atoms with Crippen molar-refractivity contribution in [2.45, 2.75) is 19.5 Å². The van der Waals surface area contributed by atoms with Gasteiger partial charge in [-0.05, 0) is 24.6 Å². The van der Waals surface area contributed by atoms with Crippen molar-refractivity contribution in [3.8, 4) is 0 Å². The fourth-order valence-corrected chi connectivity index (χ4v) is 3.59. The van der Waals surface area contributed by atoms with E-state index in [1.54, 1.807) is 13.0 Å². The van der Waals surface area contributed by atoms with Crippen LogP contribution in [0.15, 0.2) is 42.5 Å². The predicted octanol–water partition coefficient (Wildman–Crippen LogP) is 3.71. The summed E-state index contributed by atoms with van der Waals surface area (Å²) in [4.78, 5) is 38.6. The van der Waals surface area contributed by atoms with Gasteiger partial charge in [-0.15, -0.1) is 0 Å². The van der Waals surface area contributed by atoms with Crippen LogP contribution in [0.4, 0.5) is 24.5 Å². The molecule has 2 aromatic rings. The number of nitrogens with zero attached hydrogens (tertiary/aromatic N) is 3. The van der Waals surface area contributed by atoms with Gasteiger partial charge in [0, 0.05) is 51.3 Å². The van der Waals surface area contributed by atoms with E-state index < -0.39 is 22.6 Å². The van der Waals surface area contributed by atoms with Crippen molar-refractivity contribution in [2.75, 3.05) is 38.0 Å². The number of aryl methyl sites for hydroxylation is 1. The summed E-state index contributed by atoms with van der Waals surface area (Å²) in [7, 11) is 0. The highest BCUT2D eigenvalue weighted by atomic mass is 19.4. The highest BCUT2D eigenvalue weighted by Gasteiger charge is 2.36. The maximum atomic E-state index is 13.2. The van der Waals surface area contributed by atoms with Crippen LogP contribution in [0.3, 0.4) is 0 Å². The van der Waals surface area contributed by atoms with E-state index in [-0.39, 0.29) is 36.7 Å². The first-order valence-electron chi connectivity index (χ1n) is 10.3. The van der Waals surface area contributed by atoms with Crippen molar-refractivity contribution in [1.82, 2.24) is 9.80 Å². The average Bonchev–Trinajstić information content (AvgIpc) is 2.78. The Kier molecular flexibility index (Phi) is 7.32. The molecule has 1 N–H and O–H groups in total. The summed E-state index contributed by atoms with van der Waals surface area (Å²) in [5, 5.41) is 13.6. The number of hydrogen-bond acceptors (Lipinski definition) is 5. The van der Waals surface area contributed by atoms with Crippen LogP contribution in [-0.2, 0) is 11.0 Å². The third kappa shape index (κ3) is 6.07. The maximum absolute atomic E-state index is 13.2. The van der Waals surface area contributed by atoms with Crippen molar-refractivity contribution >= 4 is 23.2 Å². The zero-order valence-electron chi connectivity index (χ0n) is 17.9. The summed E-state index contributed by atoms with van der Waals surface area (Å²) in [5.41, 5.74) is -0.382. The van der Waals surface area contributed by atoms with Gasteiger partial charge in [-0.2, -0.15) is 13.2 Å². The molecule has 2 amide bonds. The van der Waals surface area contributed by atoms with Gasteiger partial charge in [0.05, 0.1) is 21.7 Å². The summed E-state index contributed by atoms with van der Waals surface area (Å²) >= 11 is 0. The first kappa shape index (κ1) is 24.2. The Labute approximate surface area is 188 Å². The molecular weight excluding hydrogens is 441 g/mol. The first-order valence-corrected chi connectivity index (χ1v) is 10.3. The average molecular weight is 464 g/mol. The van der Waals surface area contributed by atoms with Gasteiger partial charge in [0.1, 0.15) is 0 Å². The molecule has 0 spiro atoms. The molecule has 1 saturated heterocycles. The number of piperazine rings is 1. The lowest BCUT2D eigenvalue weighted by molar-refractivity contribution is -0.384.